The minimum Gasteiger partial charge on any atom is -0.507 e. The Bertz CT molecular complexity index is 1100. The van der Waals surface area contributed by atoms with Crippen LogP contribution in [0.1, 0.15) is 71.4 Å². The van der Waals surface area contributed by atoms with Gasteiger partial charge in [-0.25, -0.2) is 0 Å². The van der Waals surface area contributed by atoms with Gasteiger partial charge in [-0.2, -0.15) is 0 Å². The molecular formula is C27H27N3O2. The number of nitrogens with zero attached hydrogens (tertiary/aromatic N) is 3. The number of rotatable bonds is 4. The van der Waals surface area contributed by atoms with Gasteiger partial charge in [-0.15, -0.1) is 0 Å². The molecular weight excluding hydrogens is 398 g/mol. The normalized spacial score (nSPS) is 20.4. The van der Waals surface area contributed by atoms with Gasteiger partial charge in [0.2, 0.25) is 0 Å². The van der Waals surface area contributed by atoms with Crippen molar-refractivity contribution in [2.45, 2.75) is 50.6 Å². The number of aromatic hydroxyl groups is 2. The van der Waals surface area contributed by atoms with E-state index in [2.05, 4.69) is 6.07 Å². The van der Waals surface area contributed by atoms with E-state index in [0.717, 1.165) is 61.0 Å². The molecule has 1 heterocycles. The number of aliphatic imine (C=N–C) groups is 2. The van der Waals surface area contributed by atoms with E-state index >= 15 is 0 Å². The van der Waals surface area contributed by atoms with E-state index in [1.165, 1.54) is 11.1 Å². The van der Waals surface area contributed by atoms with Crippen LogP contribution in [-0.4, -0.2) is 27.6 Å². The van der Waals surface area contributed by atoms with E-state index in [1.54, 1.807) is 24.6 Å². The molecule has 2 aliphatic rings. The predicted molar refractivity (Wildman–Crippen MR) is 127 cm³/mol. The minimum absolute atomic E-state index is 0.00613. The first-order valence-corrected chi connectivity index (χ1v) is 11.3. The lowest BCUT2D eigenvalue weighted by Crippen LogP contribution is -2.18. The monoisotopic (exact) mass is 425 g/mol. The maximum absolute atomic E-state index is 10.1. The van der Waals surface area contributed by atoms with E-state index < -0.39 is 0 Å². The minimum atomic E-state index is -0.00613. The van der Waals surface area contributed by atoms with Crippen molar-refractivity contribution < 1.29 is 10.2 Å². The molecule has 0 spiro atoms. The summed E-state index contributed by atoms with van der Waals surface area (Å²) < 4.78 is 0. The molecule has 0 amide bonds. The number of hydrogen-bond acceptors (Lipinski definition) is 5. The molecule has 2 N–H and O–H groups in total. The van der Waals surface area contributed by atoms with Crippen LogP contribution in [-0.2, 0) is 12.8 Å². The maximum Gasteiger partial charge on any atom is 0.124 e. The maximum atomic E-state index is 10.1. The van der Waals surface area contributed by atoms with Crippen LogP contribution in [0.3, 0.4) is 0 Å². The zero-order valence-electron chi connectivity index (χ0n) is 18.0. The third-order valence-electron chi connectivity index (χ3n) is 6.39. The van der Waals surface area contributed by atoms with Gasteiger partial charge in [-0.1, -0.05) is 30.3 Å². The molecule has 2 aromatic carbocycles. The number of aryl methyl sites for hydroxylation is 2. The Hall–Kier alpha value is -3.47. The first-order chi connectivity index (χ1) is 15.7. The van der Waals surface area contributed by atoms with Crippen LogP contribution in [0.25, 0.3) is 0 Å². The molecule has 0 saturated heterocycles. The Balaban J connectivity index is 1.46. The summed E-state index contributed by atoms with van der Waals surface area (Å²) in [7, 11) is 0. The van der Waals surface area contributed by atoms with Crippen molar-refractivity contribution in [2.24, 2.45) is 9.98 Å². The quantitative estimate of drug-likeness (QED) is 0.543. The number of phenolic OH excluding ortho intramolecular Hbond substituents is 2. The zero-order valence-corrected chi connectivity index (χ0v) is 18.0. The molecule has 2 aliphatic carbocycles. The number of aromatic nitrogens is 1. The number of benzene rings is 2. The average Bonchev–Trinajstić information content (AvgIpc) is 2.82. The SMILES string of the molecule is Oc1ccccc1C=N[C@@H]1CCCc2cc3c(nc21)[C@H](N=Cc1ccccc1O)CCC3. The van der Waals surface area contributed by atoms with Crippen LogP contribution >= 0.6 is 0 Å². The van der Waals surface area contributed by atoms with Crippen LogP contribution in [0.4, 0.5) is 0 Å². The van der Waals surface area contributed by atoms with E-state index in [4.69, 9.17) is 15.0 Å². The topological polar surface area (TPSA) is 78.1 Å². The van der Waals surface area contributed by atoms with Gasteiger partial charge in [-0.3, -0.25) is 15.0 Å². The smallest absolute Gasteiger partial charge is 0.124 e. The molecule has 5 rings (SSSR count). The van der Waals surface area contributed by atoms with E-state index in [1.807, 2.05) is 36.4 Å². The summed E-state index contributed by atoms with van der Waals surface area (Å²) >= 11 is 0. The lowest BCUT2D eigenvalue weighted by atomic mass is 9.85. The Kier molecular flexibility index (Phi) is 5.71. The van der Waals surface area contributed by atoms with Crippen molar-refractivity contribution in [3.63, 3.8) is 0 Å². The molecule has 0 radical (unpaired) electrons. The molecule has 3 aromatic rings. The van der Waals surface area contributed by atoms with Crippen LogP contribution < -0.4 is 0 Å². The third-order valence-corrected chi connectivity index (χ3v) is 6.39. The number of hydrogen-bond donors (Lipinski definition) is 2. The van der Waals surface area contributed by atoms with Gasteiger partial charge in [-0.05, 0) is 73.9 Å². The van der Waals surface area contributed by atoms with Crippen LogP contribution in [0.2, 0.25) is 0 Å². The van der Waals surface area contributed by atoms with Crippen molar-refractivity contribution in [3.05, 3.63) is 88.2 Å². The van der Waals surface area contributed by atoms with Gasteiger partial charge < -0.3 is 10.2 Å². The molecule has 5 nitrogen and oxygen atoms in total. The van der Waals surface area contributed by atoms with Crippen LogP contribution in [0.5, 0.6) is 11.5 Å². The number of fused-ring (bicyclic) bond motifs is 2. The Labute approximate surface area is 188 Å². The molecule has 2 atom stereocenters. The Morgan fingerprint density at radius 2 is 1.19 bits per heavy atom. The van der Waals surface area contributed by atoms with Gasteiger partial charge in [0.25, 0.3) is 0 Å². The molecule has 0 saturated carbocycles. The summed E-state index contributed by atoms with van der Waals surface area (Å²) in [5, 5.41) is 20.1. The van der Waals surface area contributed by atoms with Gasteiger partial charge in [0.05, 0.1) is 23.5 Å². The molecule has 0 unspecified atom stereocenters. The Morgan fingerprint density at radius 3 is 1.66 bits per heavy atom. The molecule has 5 heteroatoms. The number of pyridine rings is 1. The molecule has 32 heavy (non-hydrogen) atoms. The van der Waals surface area contributed by atoms with Crippen LogP contribution in [0.15, 0.2) is 64.6 Å². The molecule has 1 aromatic heterocycles. The lowest BCUT2D eigenvalue weighted by Gasteiger charge is -2.28. The number of phenols is 2. The van der Waals surface area contributed by atoms with Crippen molar-refractivity contribution in [1.82, 2.24) is 4.98 Å². The van der Waals surface area contributed by atoms with E-state index in [-0.39, 0.29) is 23.6 Å². The average molecular weight is 426 g/mol. The largest absolute Gasteiger partial charge is 0.507 e. The molecule has 0 fully saturated rings. The van der Waals surface area contributed by atoms with Crippen molar-refractivity contribution in [2.75, 3.05) is 0 Å². The van der Waals surface area contributed by atoms with Gasteiger partial charge >= 0.3 is 0 Å². The summed E-state index contributed by atoms with van der Waals surface area (Å²) in [6, 6.07) is 16.8. The van der Waals surface area contributed by atoms with Crippen molar-refractivity contribution in [1.29, 1.82) is 0 Å². The third kappa shape index (κ3) is 4.15. The second kappa shape index (κ2) is 8.95. The summed E-state index contributed by atoms with van der Waals surface area (Å²) in [6.45, 7) is 0. The predicted octanol–water partition coefficient (Wildman–Crippen LogP) is 5.49. The highest BCUT2D eigenvalue weighted by Gasteiger charge is 2.27. The van der Waals surface area contributed by atoms with Gasteiger partial charge in [0.1, 0.15) is 11.5 Å². The summed E-state index contributed by atoms with van der Waals surface area (Å²) in [5.41, 5.74) is 6.13. The first-order valence-electron chi connectivity index (χ1n) is 11.3. The highest BCUT2D eigenvalue weighted by molar-refractivity contribution is 5.84. The standard InChI is InChI=1S/C27H27N3O2/c31-24-13-3-1-7-20(24)16-28-22-11-5-9-18-15-19-10-6-12-23(27(19)30-26(18)22)29-17-21-8-2-4-14-25(21)32/h1-4,7-8,13-17,22-23,31-32H,5-6,9-12H2/t22-,23-/m1/s1. The summed E-state index contributed by atoms with van der Waals surface area (Å²) in [4.78, 5) is 14.8. The highest BCUT2D eigenvalue weighted by atomic mass is 16.3. The Morgan fingerprint density at radius 1 is 0.719 bits per heavy atom. The molecule has 0 bridgehead atoms. The van der Waals surface area contributed by atoms with E-state index in [9.17, 15) is 10.2 Å². The number of para-hydroxylation sites is 2. The fraction of sp³-hybridized carbons (Fsp3) is 0.296. The second-order valence-corrected chi connectivity index (χ2v) is 8.57. The van der Waals surface area contributed by atoms with E-state index in [0.29, 0.717) is 0 Å². The fourth-order valence-corrected chi connectivity index (χ4v) is 4.68. The summed E-state index contributed by atoms with van der Waals surface area (Å²) in [6.07, 6.45) is 9.68. The zero-order chi connectivity index (χ0) is 21.9. The first kappa shape index (κ1) is 20.4. The van der Waals surface area contributed by atoms with Crippen LogP contribution in [0, 0.1) is 0 Å². The highest BCUT2D eigenvalue weighted by Crippen LogP contribution is 2.38. The van der Waals surface area contributed by atoms with Crippen molar-refractivity contribution in [3.8, 4) is 11.5 Å². The van der Waals surface area contributed by atoms with Gasteiger partial charge in [0, 0.05) is 23.6 Å². The molecule has 0 aliphatic heterocycles. The lowest BCUT2D eigenvalue weighted by molar-refractivity contribution is 0.474. The van der Waals surface area contributed by atoms with Crippen molar-refractivity contribution >= 4 is 12.4 Å². The summed E-state index contributed by atoms with van der Waals surface area (Å²) in [5.74, 6) is 0.480. The molecule has 162 valence electrons. The second-order valence-electron chi connectivity index (χ2n) is 8.57. The fourth-order valence-electron chi connectivity index (χ4n) is 4.68. The van der Waals surface area contributed by atoms with Gasteiger partial charge in [0.15, 0.2) is 0 Å².